The zero-order chi connectivity index (χ0) is 19.6. The Labute approximate surface area is 155 Å². The molecule has 0 bridgehead atoms. The third-order valence-corrected chi connectivity index (χ3v) is 4.10. The van der Waals surface area contributed by atoms with Crippen LogP contribution in [0.5, 0.6) is 11.5 Å². The highest BCUT2D eigenvalue weighted by Gasteiger charge is 2.29. The molecular formula is C19H17N3O5. The Hall–Kier alpha value is -3.68. The highest BCUT2D eigenvalue weighted by Crippen LogP contribution is 2.34. The number of nitrogens with zero attached hydrogens (tertiary/aromatic N) is 3. The minimum absolute atomic E-state index is 0.0528. The van der Waals surface area contributed by atoms with Gasteiger partial charge in [0.05, 0.1) is 36.1 Å². The summed E-state index contributed by atoms with van der Waals surface area (Å²) in [5.41, 5.74) is 2.01. The Kier molecular flexibility index (Phi) is 4.89. The maximum absolute atomic E-state index is 12.8. The summed E-state index contributed by atoms with van der Waals surface area (Å²) in [7, 11) is 3.07. The standard InChI is InChI=1S/C19H17N3O5/c1-12-16(11-13-5-4-6-17(26-2)18(13)27-3)19(23)21(20-12)14-7-9-15(10-8-14)22(24)25/h4-11H,1-3H3/b16-11-. The number of hydrogen-bond donors (Lipinski definition) is 0. The predicted molar refractivity (Wildman–Crippen MR) is 101 cm³/mol. The van der Waals surface area contributed by atoms with Crippen LogP contribution in [0.3, 0.4) is 0 Å². The summed E-state index contributed by atoms with van der Waals surface area (Å²) in [6, 6.07) is 11.0. The maximum Gasteiger partial charge on any atom is 0.280 e. The van der Waals surface area contributed by atoms with E-state index in [9.17, 15) is 14.9 Å². The molecule has 0 spiro atoms. The summed E-state index contributed by atoms with van der Waals surface area (Å²) in [5, 5.41) is 16.3. The van der Waals surface area contributed by atoms with E-state index in [1.807, 2.05) is 6.07 Å². The Balaban J connectivity index is 1.96. The van der Waals surface area contributed by atoms with Crippen molar-refractivity contribution in [2.45, 2.75) is 6.92 Å². The van der Waals surface area contributed by atoms with E-state index >= 15 is 0 Å². The van der Waals surface area contributed by atoms with Gasteiger partial charge in [-0.2, -0.15) is 10.1 Å². The van der Waals surface area contributed by atoms with Gasteiger partial charge in [0.1, 0.15) is 0 Å². The number of carbonyl (C=O) groups is 1. The highest BCUT2D eigenvalue weighted by molar-refractivity contribution is 6.32. The van der Waals surface area contributed by atoms with Crippen LogP contribution in [0.1, 0.15) is 12.5 Å². The number of hydrogen-bond acceptors (Lipinski definition) is 6. The average molecular weight is 367 g/mol. The van der Waals surface area contributed by atoms with Crippen molar-refractivity contribution in [3.63, 3.8) is 0 Å². The molecule has 0 fully saturated rings. The Morgan fingerprint density at radius 2 is 1.81 bits per heavy atom. The van der Waals surface area contributed by atoms with Crippen molar-refractivity contribution >= 4 is 29.1 Å². The summed E-state index contributed by atoms with van der Waals surface area (Å²) < 4.78 is 10.7. The molecule has 2 aromatic carbocycles. The number of nitro benzene ring substituents is 1. The van der Waals surface area contributed by atoms with Crippen molar-refractivity contribution in [2.24, 2.45) is 5.10 Å². The van der Waals surface area contributed by atoms with Gasteiger partial charge in [0.25, 0.3) is 11.6 Å². The Morgan fingerprint density at radius 1 is 1.11 bits per heavy atom. The third-order valence-electron chi connectivity index (χ3n) is 4.10. The molecule has 0 atom stereocenters. The normalized spacial score (nSPS) is 15.1. The van der Waals surface area contributed by atoms with E-state index in [2.05, 4.69) is 5.10 Å². The Bertz CT molecular complexity index is 964. The fourth-order valence-electron chi connectivity index (χ4n) is 2.76. The van der Waals surface area contributed by atoms with Crippen molar-refractivity contribution in [3.05, 3.63) is 63.7 Å². The van der Waals surface area contributed by atoms with Gasteiger partial charge in [0.2, 0.25) is 0 Å². The van der Waals surface area contributed by atoms with Crippen molar-refractivity contribution in [3.8, 4) is 11.5 Å². The number of non-ortho nitro benzene ring substituents is 1. The zero-order valence-electron chi connectivity index (χ0n) is 15.0. The van der Waals surface area contributed by atoms with Gasteiger partial charge in [-0.25, -0.2) is 0 Å². The predicted octanol–water partition coefficient (Wildman–Crippen LogP) is 3.42. The van der Waals surface area contributed by atoms with Gasteiger partial charge >= 0.3 is 0 Å². The van der Waals surface area contributed by atoms with E-state index in [-0.39, 0.29) is 11.6 Å². The lowest BCUT2D eigenvalue weighted by Gasteiger charge is -2.12. The molecule has 8 heteroatoms. The van der Waals surface area contributed by atoms with Gasteiger partial charge in [-0.05, 0) is 31.2 Å². The number of para-hydroxylation sites is 1. The van der Waals surface area contributed by atoms with Gasteiger partial charge in [-0.3, -0.25) is 14.9 Å². The van der Waals surface area contributed by atoms with Gasteiger partial charge in [-0.1, -0.05) is 12.1 Å². The first-order valence-corrected chi connectivity index (χ1v) is 8.03. The minimum atomic E-state index is -0.496. The lowest BCUT2D eigenvalue weighted by atomic mass is 10.1. The smallest absolute Gasteiger partial charge is 0.280 e. The number of hydrazone groups is 1. The summed E-state index contributed by atoms with van der Waals surface area (Å²) in [6.07, 6.45) is 1.69. The van der Waals surface area contributed by atoms with Crippen molar-refractivity contribution in [1.29, 1.82) is 0 Å². The van der Waals surface area contributed by atoms with E-state index in [0.717, 1.165) is 0 Å². The molecule has 27 heavy (non-hydrogen) atoms. The van der Waals surface area contributed by atoms with Gasteiger partial charge in [-0.15, -0.1) is 0 Å². The van der Waals surface area contributed by atoms with Crippen molar-refractivity contribution in [1.82, 2.24) is 0 Å². The first-order valence-electron chi connectivity index (χ1n) is 8.03. The molecule has 0 radical (unpaired) electrons. The second-order valence-corrected chi connectivity index (χ2v) is 5.72. The number of amides is 1. The van der Waals surface area contributed by atoms with Gasteiger partial charge in [0.15, 0.2) is 11.5 Å². The van der Waals surface area contributed by atoms with E-state index in [1.54, 1.807) is 32.2 Å². The van der Waals surface area contributed by atoms with Crippen LogP contribution in [0.4, 0.5) is 11.4 Å². The molecule has 0 aromatic heterocycles. The number of methoxy groups -OCH3 is 2. The van der Waals surface area contributed by atoms with Crippen LogP contribution in [0.15, 0.2) is 53.1 Å². The molecule has 0 saturated carbocycles. The SMILES string of the molecule is COc1cccc(/C=C2\C(=O)N(c3ccc([N+](=O)[O-])cc3)N=C2C)c1OC. The molecule has 8 nitrogen and oxygen atoms in total. The largest absolute Gasteiger partial charge is 0.493 e. The molecule has 0 saturated heterocycles. The van der Waals surface area contributed by atoms with Gasteiger partial charge < -0.3 is 9.47 Å². The number of anilines is 1. The summed E-state index contributed by atoms with van der Waals surface area (Å²) in [5.74, 6) is 0.743. The Morgan fingerprint density at radius 3 is 2.41 bits per heavy atom. The summed E-state index contributed by atoms with van der Waals surface area (Å²) in [6.45, 7) is 1.72. The number of nitro groups is 1. The van der Waals surface area contributed by atoms with Crippen LogP contribution in [-0.2, 0) is 4.79 Å². The highest BCUT2D eigenvalue weighted by atomic mass is 16.6. The maximum atomic E-state index is 12.8. The molecular weight excluding hydrogens is 350 g/mol. The zero-order valence-corrected chi connectivity index (χ0v) is 15.0. The molecule has 138 valence electrons. The molecule has 1 heterocycles. The number of rotatable bonds is 5. The summed E-state index contributed by atoms with van der Waals surface area (Å²) in [4.78, 5) is 23.1. The van der Waals surface area contributed by atoms with Crippen LogP contribution in [0.2, 0.25) is 0 Å². The monoisotopic (exact) mass is 367 g/mol. The van der Waals surface area contributed by atoms with Crippen molar-refractivity contribution in [2.75, 3.05) is 19.2 Å². The third kappa shape index (κ3) is 3.37. The average Bonchev–Trinajstić information content (AvgIpc) is 2.96. The van der Waals surface area contributed by atoms with Crippen LogP contribution in [0.25, 0.3) is 6.08 Å². The second-order valence-electron chi connectivity index (χ2n) is 5.72. The molecule has 1 aliphatic heterocycles. The quantitative estimate of drug-likeness (QED) is 0.458. The molecule has 3 rings (SSSR count). The molecule has 0 unspecified atom stereocenters. The van der Waals surface area contributed by atoms with E-state index in [4.69, 9.17) is 9.47 Å². The van der Waals surface area contributed by atoms with Crippen LogP contribution >= 0.6 is 0 Å². The topological polar surface area (TPSA) is 94.3 Å². The molecule has 1 amide bonds. The summed E-state index contributed by atoms with van der Waals surface area (Å²) >= 11 is 0. The lowest BCUT2D eigenvalue weighted by molar-refractivity contribution is -0.384. The number of benzene rings is 2. The fraction of sp³-hybridized carbons (Fsp3) is 0.158. The van der Waals surface area contributed by atoms with Crippen molar-refractivity contribution < 1.29 is 19.2 Å². The molecule has 2 aromatic rings. The molecule has 1 aliphatic rings. The van der Waals surface area contributed by atoms with E-state index in [1.165, 1.54) is 36.4 Å². The first-order chi connectivity index (χ1) is 13.0. The van der Waals surface area contributed by atoms with E-state index in [0.29, 0.717) is 34.0 Å². The molecule has 0 N–H and O–H groups in total. The fourth-order valence-corrected chi connectivity index (χ4v) is 2.76. The van der Waals surface area contributed by atoms with Crippen LogP contribution < -0.4 is 14.5 Å². The number of carbonyl (C=O) groups excluding carboxylic acids is 1. The first kappa shape index (κ1) is 18.1. The minimum Gasteiger partial charge on any atom is -0.493 e. The van der Waals surface area contributed by atoms with Crippen LogP contribution in [0, 0.1) is 10.1 Å². The molecule has 0 aliphatic carbocycles. The lowest BCUT2D eigenvalue weighted by Crippen LogP contribution is -2.21. The van der Waals surface area contributed by atoms with E-state index < -0.39 is 4.92 Å². The number of ether oxygens (including phenoxy) is 2. The second kappa shape index (κ2) is 7.28. The van der Waals surface area contributed by atoms with Gasteiger partial charge in [0, 0.05) is 17.7 Å². The van der Waals surface area contributed by atoms with Crippen LogP contribution in [-0.4, -0.2) is 30.8 Å².